The summed E-state index contributed by atoms with van der Waals surface area (Å²) in [6.07, 6.45) is 3.23. The summed E-state index contributed by atoms with van der Waals surface area (Å²) in [5.74, 6) is -0.753. The van der Waals surface area contributed by atoms with E-state index in [0.717, 1.165) is 25.8 Å². The lowest BCUT2D eigenvalue weighted by Gasteiger charge is -2.29. The normalized spacial score (nSPS) is 23.9. The smallest absolute Gasteiger partial charge is 0.246 e. The van der Waals surface area contributed by atoms with Crippen molar-refractivity contribution < 1.29 is 14.4 Å². The van der Waals surface area contributed by atoms with Gasteiger partial charge in [-0.25, -0.2) is 0 Å². The highest BCUT2D eigenvalue weighted by Crippen LogP contribution is 2.09. The molecule has 7 nitrogen and oxygen atoms in total. The molecule has 0 bridgehead atoms. The molecular weight excluding hydrogens is 260 g/mol. The van der Waals surface area contributed by atoms with E-state index < -0.39 is 5.91 Å². The van der Waals surface area contributed by atoms with Gasteiger partial charge in [-0.1, -0.05) is 0 Å². The molecule has 2 rings (SSSR count). The van der Waals surface area contributed by atoms with Crippen molar-refractivity contribution in [1.82, 2.24) is 15.1 Å². The van der Waals surface area contributed by atoms with Crippen molar-refractivity contribution in [3.8, 4) is 0 Å². The van der Waals surface area contributed by atoms with E-state index in [1.54, 1.807) is 0 Å². The van der Waals surface area contributed by atoms with Crippen LogP contribution in [0.2, 0.25) is 0 Å². The molecule has 3 N–H and O–H groups in total. The third-order valence-corrected chi connectivity index (χ3v) is 3.69. The van der Waals surface area contributed by atoms with Gasteiger partial charge in [-0.3, -0.25) is 24.6 Å². The van der Waals surface area contributed by atoms with Crippen LogP contribution in [0.5, 0.6) is 0 Å². The highest BCUT2D eigenvalue weighted by Gasteiger charge is 2.24. The van der Waals surface area contributed by atoms with Crippen molar-refractivity contribution in [3.63, 3.8) is 0 Å². The van der Waals surface area contributed by atoms with Crippen LogP contribution in [0.4, 0.5) is 0 Å². The summed E-state index contributed by atoms with van der Waals surface area (Å²) in [6.45, 7) is 2.28. The molecule has 0 aromatic carbocycles. The van der Waals surface area contributed by atoms with Crippen LogP contribution in [0.3, 0.4) is 0 Å². The Bertz CT molecular complexity index is 399. The van der Waals surface area contributed by atoms with Crippen molar-refractivity contribution >= 4 is 17.7 Å². The average Bonchev–Trinajstić information content (AvgIpc) is 2.74. The number of nitrogens with one attached hydrogen (secondary N) is 1. The van der Waals surface area contributed by atoms with Gasteiger partial charge in [0.2, 0.25) is 17.7 Å². The Hall–Kier alpha value is -1.47. The van der Waals surface area contributed by atoms with Gasteiger partial charge in [-0.2, -0.15) is 0 Å². The Labute approximate surface area is 118 Å². The van der Waals surface area contributed by atoms with Crippen LogP contribution in [0, 0.1) is 0 Å². The molecule has 3 amide bonds. The zero-order valence-corrected chi connectivity index (χ0v) is 11.6. The first-order chi connectivity index (χ1) is 9.54. The molecular formula is C13H22N4O3. The lowest BCUT2D eigenvalue weighted by molar-refractivity contribution is -0.136. The molecule has 20 heavy (non-hydrogen) atoms. The monoisotopic (exact) mass is 282 g/mol. The van der Waals surface area contributed by atoms with Crippen molar-refractivity contribution in [2.75, 3.05) is 32.7 Å². The molecule has 0 aromatic heterocycles. The fourth-order valence-electron chi connectivity index (χ4n) is 2.72. The van der Waals surface area contributed by atoms with E-state index in [9.17, 15) is 14.4 Å². The second kappa shape index (κ2) is 6.81. The average molecular weight is 282 g/mol. The Balaban J connectivity index is 1.70. The summed E-state index contributed by atoms with van der Waals surface area (Å²) >= 11 is 0. The summed E-state index contributed by atoms with van der Waals surface area (Å²) in [6, 6.07) is 0.106. The highest BCUT2D eigenvalue weighted by atomic mass is 16.2. The maximum atomic E-state index is 11.8. The molecule has 2 saturated heterocycles. The number of rotatable bonds is 4. The minimum atomic E-state index is -0.411. The molecule has 2 heterocycles. The fourth-order valence-corrected chi connectivity index (χ4v) is 2.72. The Kier molecular flexibility index (Phi) is 5.08. The summed E-state index contributed by atoms with van der Waals surface area (Å²) < 4.78 is 0. The van der Waals surface area contributed by atoms with E-state index in [0.29, 0.717) is 19.5 Å². The molecule has 0 spiro atoms. The first-order valence-electron chi connectivity index (χ1n) is 7.13. The quantitative estimate of drug-likeness (QED) is 0.666. The van der Waals surface area contributed by atoms with Gasteiger partial charge in [0.1, 0.15) is 0 Å². The van der Waals surface area contributed by atoms with Gasteiger partial charge in [0, 0.05) is 25.6 Å². The molecule has 0 saturated carbocycles. The van der Waals surface area contributed by atoms with Crippen molar-refractivity contribution in [3.05, 3.63) is 0 Å². The third-order valence-electron chi connectivity index (χ3n) is 3.69. The number of amides is 3. The van der Waals surface area contributed by atoms with E-state index in [-0.39, 0.29) is 30.9 Å². The van der Waals surface area contributed by atoms with Gasteiger partial charge in [-0.05, 0) is 25.8 Å². The predicted molar refractivity (Wildman–Crippen MR) is 72.6 cm³/mol. The molecule has 2 fully saturated rings. The maximum Gasteiger partial charge on any atom is 0.246 e. The number of likely N-dealkylation sites (tertiary alicyclic amines) is 2. The van der Waals surface area contributed by atoms with Gasteiger partial charge in [-0.15, -0.1) is 0 Å². The van der Waals surface area contributed by atoms with Crippen molar-refractivity contribution in [2.24, 2.45) is 5.73 Å². The van der Waals surface area contributed by atoms with Crippen molar-refractivity contribution in [2.45, 2.75) is 31.7 Å². The van der Waals surface area contributed by atoms with Crippen LogP contribution in [0.1, 0.15) is 25.7 Å². The summed E-state index contributed by atoms with van der Waals surface area (Å²) in [4.78, 5) is 38.3. The molecule has 2 aliphatic heterocycles. The molecule has 0 aromatic rings. The number of piperidine rings is 1. The van der Waals surface area contributed by atoms with E-state index in [1.165, 1.54) is 4.90 Å². The zero-order valence-electron chi connectivity index (χ0n) is 11.6. The minimum absolute atomic E-state index is 0.0189. The van der Waals surface area contributed by atoms with Crippen LogP contribution in [0.25, 0.3) is 0 Å². The molecule has 112 valence electrons. The molecule has 0 radical (unpaired) electrons. The number of hydrogen-bond acceptors (Lipinski definition) is 5. The van der Waals surface area contributed by atoms with E-state index in [4.69, 9.17) is 5.73 Å². The van der Waals surface area contributed by atoms with Crippen LogP contribution in [0.15, 0.2) is 0 Å². The predicted octanol–water partition coefficient (Wildman–Crippen LogP) is -1.33. The van der Waals surface area contributed by atoms with Gasteiger partial charge >= 0.3 is 0 Å². The van der Waals surface area contributed by atoms with Gasteiger partial charge in [0.15, 0.2) is 0 Å². The molecule has 0 aliphatic carbocycles. The van der Waals surface area contributed by atoms with E-state index >= 15 is 0 Å². The first kappa shape index (κ1) is 14.9. The second-order valence-electron chi connectivity index (χ2n) is 5.53. The lowest BCUT2D eigenvalue weighted by Crippen LogP contribution is -2.49. The van der Waals surface area contributed by atoms with Crippen LogP contribution in [-0.4, -0.2) is 66.3 Å². The molecule has 1 atom stereocenters. The number of carbonyl (C=O) groups is 3. The topological polar surface area (TPSA) is 95.7 Å². The first-order valence-corrected chi connectivity index (χ1v) is 7.13. The fraction of sp³-hybridized carbons (Fsp3) is 0.769. The second-order valence-corrected chi connectivity index (χ2v) is 5.53. The Morgan fingerprint density at radius 1 is 1.20 bits per heavy atom. The number of hydrogen-bond donors (Lipinski definition) is 2. The largest absolute Gasteiger partial charge is 0.333 e. The van der Waals surface area contributed by atoms with E-state index in [1.807, 2.05) is 4.90 Å². The molecule has 0 unspecified atom stereocenters. The standard InChI is InChI=1S/C13H22N4O3/c14-10-3-1-5-16(7-10)8-11(18)15-12(19)9-17-6-2-4-13(17)20/h10H,1-9,14H2,(H,15,18,19)/t10-/m1/s1. The number of nitrogens with two attached hydrogens (primary N) is 1. The maximum absolute atomic E-state index is 11.8. The zero-order chi connectivity index (χ0) is 14.5. The SMILES string of the molecule is N[C@@H]1CCCN(CC(=O)NC(=O)CN2CCCC2=O)C1. The van der Waals surface area contributed by atoms with Gasteiger partial charge < -0.3 is 10.6 Å². The van der Waals surface area contributed by atoms with Crippen LogP contribution in [-0.2, 0) is 14.4 Å². The molecule has 2 aliphatic rings. The number of nitrogens with zero attached hydrogens (tertiary/aromatic N) is 2. The Morgan fingerprint density at radius 2 is 1.95 bits per heavy atom. The highest BCUT2D eigenvalue weighted by molar-refractivity contribution is 5.98. The Morgan fingerprint density at radius 3 is 2.60 bits per heavy atom. The summed E-state index contributed by atoms with van der Waals surface area (Å²) in [7, 11) is 0. The lowest BCUT2D eigenvalue weighted by atomic mass is 10.1. The van der Waals surface area contributed by atoms with Crippen LogP contribution < -0.4 is 11.1 Å². The van der Waals surface area contributed by atoms with Gasteiger partial charge in [0.25, 0.3) is 0 Å². The van der Waals surface area contributed by atoms with Gasteiger partial charge in [0.05, 0.1) is 13.1 Å². The summed E-state index contributed by atoms with van der Waals surface area (Å²) in [5, 5.41) is 2.34. The van der Waals surface area contributed by atoms with E-state index in [2.05, 4.69) is 5.32 Å². The van der Waals surface area contributed by atoms with Crippen molar-refractivity contribution in [1.29, 1.82) is 0 Å². The number of imide groups is 1. The molecule has 7 heteroatoms. The number of carbonyl (C=O) groups excluding carboxylic acids is 3. The third kappa shape index (κ3) is 4.28. The minimum Gasteiger partial charge on any atom is -0.333 e. The summed E-state index contributed by atoms with van der Waals surface area (Å²) in [5.41, 5.74) is 5.84. The van der Waals surface area contributed by atoms with Crippen LogP contribution >= 0.6 is 0 Å².